The molecule has 0 saturated carbocycles. The number of urea groups is 1. The van der Waals surface area contributed by atoms with Gasteiger partial charge in [0.25, 0.3) is 0 Å². The normalized spacial score (nSPS) is 19.2. The summed E-state index contributed by atoms with van der Waals surface area (Å²) >= 11 is 13.0. The van der Waals surface area contributed by atoms with E-state index < -0.39 is 34.2 Å². The van der Waals surface area contributed by atoms with E-state index in [1.807, 2.05) is 0 Å². The van der Waals surface area contributed by atoms with Gasteiger partial charge in [0.1, 0.15) is 6.10 Å². The number of rotatable bonds is 6. The lowest BCUT2D eigenvalue weighted by Crippen LogP contribution is -2.31. The number of esters is 1. The van der Waals surface area contributed by atoms with Crippen molar-refractivity contribution in [1.82, 2.24) is 14.6 Å². The minimum absolute atomic E-state index is 0.0630. The van der Waals surface area contributed by atoms with Gasteiger partial charge in [-0.25, -0.2) is 18.2 Å². The minimum atomic E-state index is -3.54. The number of nitrogens with one attached hydrogen (secondary N) is 2. The van der Waals surface area contributed by atoms with Crippen LogP contribution in [0, 0.1) is 0 Å². The maximum Gasteiger partial charge on any atom is 0.321 e. The molecule has 2 amide bonds. The van der Waals surface area contributed by atoms with Crippen LogP contribution in [0.5, 0.6) is 0 Å². The second-order valence-corrected chi connectivity index (χ2v) is 10.6. The molecule has 1 aliphatic heterocycles. The molecule has 1 saturated heterocycles. The Hall–Kier alpha value is -1.92. The molecule has 31 heavy (non-hydrogen) atoms. The molecule has 3 rings (SSSR count). The van der Waals surface area contributed by atoms with Gasteiger partial charge in [-0.1, -0.05) is 29.3 Å². The number of hydrogen-bond acceptors (Lipinski definition) is 7. The van der Waals surface area contributed by atoms with Crippen LogP contribution in [0.1, 0.15) is 30.6 Å². The standard InChI is InChI=1S/C18H20Cl2N4O5S2/c1-10(25)29-12-6-16(24(8-12)31(2,27)28)15-9-30-18(22-15)23-17(26)21-7-11-3-4-13(19)14(20)5-11/h3-5,9,12,16H,6-8H2,1-2H3,(H2,21,22,23,26). The first-order valence-corrected chi connectivity index (χ1v) is 12.6. The van der Waals surface area contributed by atoms with Crippen LogP contribution in [-0.2, 0) is 26.1 Å². The number of benzene rings is 1. The number of halogens is 2. The summed E-state index contributed by atoms with van der Waals surface area (Å²) in [6.45, 7) is 1.57. The fourth-order valence-electron chi connectivity index (χ4n) is 3.19. The van der Waals surface area contributed by atoms with Gasteiger partial charge in [0, 0.05) is 25.3 Å². The molecule has 1 fully saturated rings. The van der Waals surface area contributed by atoms with Gasteiger partial charge < -0.3 is 10.1 Å². The third kappa shape index (κ3) is 6.30. The number of nitrogens with zero attached hydrogens (tertiary/aromatic N) is 2. The second-order valence-electron chi connectivity index (χ2n) is 6.95. The van der Waals surface area contributed by atoms with Crippen molar-refractivity contribution in [3.8, 4) is 0 Å². The summed E-state index contributed by atoms with van der Waals surface area (Å²) in [4.78, 5) is 27.8. The van der Waals surface area contributed by atoms with E-state index in [0.29, 0.717) is 27.3 Å². The van der Waals surface area contributed by atoms with E-state index in [2.05, 4.69) is 15.6 Å². The van der Waals surface area contributed by atoms with Crippen molar-refractivity contribution in [2.45, 2.75) is 32.0 Å². The van der Waals surface area contributed by atoms with Gasteiger partial charge in [0.2, 0.25) is 10.0 Å². The molecule has 0 bridgehead atoms. The van der Waals surface area contributed by atoms with Gasteiger partial charge in [0.15, 0.2) is 5.13 Å². The maximum absolute atomic E-state index is 12.2. The third-order valence-corrected chi connectivity index (χ3v) is 7.27. The van der Waals surface area contributed by atoms with Crippen LogP contribution < -0.4 is 10.6 Å². The van der Waals surface area contributed by atoms with E-state index in [9.17, 15) is 18.0 Å². The van der Waals surface area contributed by atoms with Crippen LogP contribution in [0.2, 0.25) is 10.0 Å². The molecular weight excluding hydrogens is 487 g/mol. The second kappa shape index (κ2) is 9.70. The summed E-state index contributed by atoms with van der Waals surface area (Å²) in [5.41, 5.74) is 1.25. The van der Waals surface area contributed by atoms with Crippen LogP contribution in [0.3, 0.4) is 0 Å². The largest absolute Gasteiger partial charge is 0.461 e. The first-order valence-electron chi connectivity index (χ1n) is 9.11. The van der Waals surface area contributed by atoms with Gasteiger partial charge in [-0.2, -0.15) is 4.31 Å². The number of anilines is 1. The molecule has 0 spiro atoms. The Bertz CT molecular complexity index is 1090. The molecule has 2 atom stereocenters. The van der Waals surface area contributed by atoms with E-state index in [4.69, 9.17) is 27.9 Å². The molecule has 13 heteroatoms. The number of aromatic nitrogens is 1. The van der Waals surface area contributed by atoms with Crippen molar-refractivity contribution in [2.75, 3.05) is 18.1 Å². The Morgan fingerprint density at radius 3 is 2.71 bits per heavy atom. The first kappa shape index (κ1) is 23.7. The molecular formula is C18H20Cl2N4O5S2. The quantitative estimate of drug-likeness (QED) is 0.579. The van der Waals surface area contributed by atoms with E-state index >= 15 is 0 Å². The topological polar surface area (TPSA) is 118 Å². The van der Waals surface area contributed by atoms with Gasteiger partial charge >= 0.3 is 12.0 Å². The van der Waals surface area contributed by atoms with Gasteiger partial charge in [-0.15, -0.1) is 11.3 Å². The number of thiazole rings is 1. The molecule has 9 nitrogen and oxygen atoms in total. The number of hydrogen-bond donors (Lipinski definition) is 2. The van der Waals surface area contributed by atoms with Crippen molar-refractivity contribution in [3.63, 3.8) is 0 Å². The van der Waals surface area contributed by atoms with Crippen LogP contribution in [0.15, 0.2) is 23.6 Å². The molecule has 1 aromatic carbocycles. The third-order valence-electron chi connectivity index (χ3n) is 4.50. The monoisotopic (exact) mass is 506 g/mol. The predicted molar refractivity (Wildman–Crippen MR) is 119 cm³/mol. The average molecular weight is 507 g/mol. The number of carbonyl (C=O) groups is 2. The van der Waals surface area contributed by atoms with Gasteiger partial charge in [-0.3, -0.25) is 10.1 Å². The number of ether oxygens (including phenoxy) is 1. The zero-order chi connectivity index (χ0) is 22.8. The molecule has 2 unspecified atom stereocenters. The van der Waals surface area contributed by atoms with Gasteiger partial charge in [0.05, 0.1) is 34.6 Å². The van der Waals surface area contributed by atoms with Crippen LogP contribution >= 0.6 is 34.5 Å². The molecule has 2 aromatic rings. The van der Waals surface area contributed by atoms with E-state index in [-0.39, 0.29) is 13.1 Å². The summed E-state index contributed by atoms with van der Waals surface area (Å²) in [7, 11) is -3.54. The molecule has 168 valence electrons. The van der Waals surface area contributed by atoms with Crippen molar-refractivity contribution >= 4 is 61.7 Å². The Morgan fingerprint density at radius 1 is 1.32 bits per heavy atom. The summed E-state index contributed by atoms with van der Waals surface area (Å²) in [6, 6.07) is 3.99. The van der Waals surface area contributed by atoms with Crippen molar-refractivity contribution in [2.24, 2.45) is 0 Å². The van der Waals surface area contributed by atoms with Crippen molar-refractivity contribution in [1.29, 1.82) is 0 Å². The van der Waals surface area contributed by atoms with Gasteiger partial charge in [-0.05, 0) is 17.7 Å². The smallest absolute Gasteiger partial charge is 0.321 e. The molecule has 1 aliphatic rings. The minimum Gasteiger partial charge on any atom is -0.461 e. The SMILES string of the molecule is CC(=O)OC1CC(c2csc(NC(=O)NCc3ccc(Cl)c(Cl)c3)n2)N(S(C)(=O)=O)C1. The molecule has 0 aliphatic carbocycles. The lowest BCUT2D eigenvalue weighted by molar-refractivity contribution is -0.145. The van der Waals surface area contributed by atoms with Crippen molar-refractivity contribution in [3.05, 3.63) is 44.9 Å². The van der Waals surface area contributed by atoms with Crippen LogP contribution in [-0.4, -0.2) is 48.6 Å². The fraction of sp³-hybridized carbons (Fsp3) is 0.389. The number of sulfonamides is 1. The lowest BCUT2D eigenvalue weighted by Gasteiger charge is -2.19. The zero-order valence-corrected chi connectivity index (χ0v) is 19.7. The van der Waals surface area contributed by atoms with E-state index in [1.165, 1.54) is 22.6 Å². The molecule has 1 aromatic heterocycles. The van der Waals surface area contributed by atoms with Crippen LogP contribution in [0.4, 0.5) is 9.93 Å². The highest BCUT2D eigenvalue weighted by atomic mass is 35.5. The average Bonchev–Trinajstić information content (AvgIpc) is 3.29. The molecule has 2 heterocycles. The zero-order valence-electron chi connectivity index (χ0n) is 16.6. The Labute approximate surface area is 193 Å². The van der Waals surface area contributed by atoms with E-state index in [0.717, 1.165) is 11.8 Å². The summed E-state index contributed by atoms with van der Waals surface area (Å²) in [6.07, 6.45) is 0.835. The van der Waals surface area contributed by atoms with Crippen LogP contribution in [0.25, 0.3) is 0 Å². The summed E-state index contributed by atoms with van der Waals surface area (Å²) in [5.74, 6) is -0.474. The lowest BCUT2D eigenvalue weighted by atomic mass is 10.1. The Balaban J connectivity index is 1.63. The van der Waals surface area contributed by atoms with E-state index in [1.54, 1.807) is 23.6 Å². The highest BCUT2D eigenvalue weighted by Crippen LogP contribution is 2.36. The molecule has 2 N–H and O–H groups in total. The Morgan fingerprint density at radius 2 is 2.06 bits per heavy atom. The summed E-state index contributed by atoms with van der Waals surface area (Å²) in [5, 5.41) is 8.12. The highest BCUT2D eigenvalue weighted by Gasteiger charge is 2.41. The maximum atomic E-state index is 12.2. The summed E-state index contributed by atoms with van der Waals surface area (Å²) < 4.78 is 30.8. The van der Waals surface area contributed by atoms with Crippen molar-refractivity contribution < 1.29 is 22.7 Å². The molecule has 0 radical (unpaired) electrons. The fourth-order valence-corrected chi connectivity index (χ4v) is 5.36. The number of amides is 2. The predicted octanol–water partition coefficient (Wildman–Crippen LogP) is 3.41. The highest BCUT2D eigenvalue weighted by molar-refractivity contribution is 7.88. The first-order chi connectivity index (χ1) is 14.5. The number of carbonyl (C=O) groups excluding carboxylic acids is 2. The Kier molecular flexibility index (Phi) is 7.43.